The van der Waals surface area contributed by atoms with Gasteiger partial charge in [0.25, 0.3) is 0 Å². The van der Waals surface area contributed by atoms with E-state index in [1.54, 1.807) is 21.1 Å². The molecule has 2 saturated carbocycles. The summed E-state index contributed by atoms with van der Waals surface area (Å²) in [5.41, 5.74) is -0.652. The van der Waals surface area contributed by atoms with Crippen LogP contribution in [-0.4, -0.2) is 44.6 Å². The number of carbonyl (C=O) groups excluding carboxylic acids is 1. The largest absolute Gasteiger partial charge is 0.492 e. The highest BCUT2D eigenvalue weighted by Gasteiger charge is 2.75. The number of fused-ring (bicyclic) bond motifs is 3. The Hall–Kier alpha value is -2.31. The third-order valence-corrected chi connectivity index (χ3v) is 7.24. The maximum Gasteiger partial charge on any atom is 0.231 e. The number of carbonyl (C=O) groups is 1. The third-order valence-electron chi connectivity index (χ3n) is 7.24. The molecule has 30 heavy (non-hydrogen) atoms. The molecule has 0 radical (unpaired) electrons. The second kappa shape index (κ2) is 7.43. The lowest BCUT2D eigenvalue weighted by Crippen LogP contribution is -2.63. The summed E-state index contributed by atoms with van der Waals surface area (Å²) in [5, 5.41) is 0. The van der Waals surface area contributed by atoms with Crippen molar-refractivity contribution in [3.05, 3.63) is 48.8 Å². The van der Waals surface area contributed by atoms with Gasteiger partial charge in [-0.3, -0.25) is 4.79 Å². The van der Waals surface area contributed by atoms with Crippen LogP contribution in [0.2, 0.25) is 0 Å². The Kier molecular flexibility index (Phi) is 5.19. The van der Waals surface area contributed by atoms with Crippen LogP contribution in [0.25, 0.3) is 0 Å². The molecule has 1 aliphatic heterocycles. The lowest BCUT2D eigenvalue weighted by molar-refractivity contribution is -0.190. The lowest BCUT2D eigenvalue weighted by Gasteiger charge is -2.48. The average Bonchev–Trinajstić information content (AvgIpc) is 3.24. The molecule has 0 unspecified atom stereocenters. The summed E-state index contributed by atoms with van der Waals surface area (Å²) in [6, 6.07) is 5.84. The molecule has 6 heteroatoms. The van der Waals surface area contributed by atoms with E-state index in [-0.39, 0.29) is 24.4 Å². The zero-order valence-corrected chi connectivity index (χ0v) is 18.1. The molecule has 1 aromatic carbocycles. The number of benzene rings is 1. The lowest BCUT2D eigenvalue weighted by atomic mass is 9.65. The molecule has 0 spiro atoms. The van der Waals surface area contributed by atoms with Crippen LogP contribution in [0.5, 0.6) is 11.5 Å². The Bertz CT molecular complexity index is 878. The first-order chi connectivity index (χ1) is 14.4. The first-order valence-electron chi connectivity index (χ1n) is 10.3. The quantitative estimate of drug-likeness (QED) is 0.496. The highest BCUT2D eigenvalue weighted by atomic mass is 16.7. The van der Waals surface area contributed by atoms with Gasteiger partial charge in [-0.15, -0.1) is 6.58 Å². The van der Waals surface area contributed by atoms with E-state index in [9.17, 15) is 4.79 Å². The number of ether oxygens (including phenoxy) is 5. The predicted octanol–water partition coefficient (Wildman–Crippen LogP) is 4.00. The molecule has 6 nitrogen and oxygen atoms in total. The van der Waals surface area contributed by atoms with Crippen LogP contribution in [-0.2, 0) is 19.0 Å². The highest BCUT2D eigenvalue weighted by Crippen LogP contribution is 2.66. The van der Waals surface area contributed by atoms with Crippen molar-refractivity contribution in [2.24, 2.45) is 11.3 Å². The fourth-order valence-electron chi connectivity index (χ4n) is 6.02. The van der Waals surface area contributed by atoms with Crippen molar-refractivity contribution in [3.63, 3.8) is 0 Å². The highest BCUT2D eigenvalue weighted by molar-refractivity contribution is 5.95. The molecular formula is C24H30O6. The van der Waals surface area contributed by atoms with Crippen molar-refractivity contribution in [1.29, 1.82) is 0 Å². The Morgan fingerprint density at radius 3 is 2.67 bits per heavy atom. The molecule has 2 aliphatic carbocycles. The molecular weight excluding hydrogens is 384 g/mol. The van der Waals surface area contributed by atoms with Crippen LogP contribution in [0, 0.1) is 11.3 Å². The summed E-state index contributed by atoms with van der Waals surface area (Å²) < 4.78 is 29.2. The normalized spacial score (nSPS) is 36.6. The minimum Gasteiger partial charge on any atom is -0.492 e. The standard InChI is InChI=1S/C24H30O6/c1-7-10-23-12-19(26-5)21(25)24(27-6,22(23)30-14(2)3)20(15(23)4)16-8-9-17-18(11-16)29-13-28-17/h7-9,11,15,19-20,22H,1-2,10,12-13H2,3-6H3/t15-,19+,20+,22-,23-,24-/m1/s1. The Balaban J connectivity index is 1.94. The van der Waals surface area contributed by atoms with Crippen LogP contribution in [0.1, 0.15) is 38.2 Å². The van der Waals surface area contributed by atoms with Crippen LogP contribution in [0.15, 0.2) is 43.2 Å². The molecule has 0 saturated heterocycles. The minimum absolute atomic E-state index is 0.0456. The summed E-state index contributed by atoms with van der Waals surface area (Å²) >= 11 is 0. The first-order valence-corrected chi connectivity index (χ1v) is 10.3. The van der Waals surface area contributed by atoms with E-state index in [4.69, 9.17) is 23.7 Å². The maximum absolute atomic E-state index is 13.8. The molecule has 162 valence electrons. The van der Waals surface area contributed by atoms with Crippen LogP contribution < -0.4 is 9.47 Å². The Morgan fingerprint density at radius 2 is 2.03 bits per heavy atom. The van der Waals surface area contributed by atoms with Crippen molar-refractivity contribution in [2.45, 2.75) is 50.4 Å². The number of rotatable bonds is 7. The van der Waals surface area contributed by atoms with E-state index < -0.39 is 23.2 Å². The van der Waals surface area contributed by atoms with Gasteiger partial charge in [0.15, 0.2) is 22.9 Å². The van der Waals surface area contributed by atoms with E-state index in [0.29, 0.717) is 30.1 Å². The monoisotopic (exact) mass is 414 g/mol. The number of hydrogen-bond acceptors (Lipinski definition) is 6. The smallest absolute Gasteiger partial charge is 0.231 e. The summed E-state index contributed by atoms with van der Waals surface area (Å²) in [6.45, 7) is 12.1. The van der Waals surface area contributed by atoms with Crippen LogP contribution >= 0.6 is 0 Å². The molecule has 2 fully saturated rings. The van der Waals surface area contributed by atoms with Gasteiger partial charge in [0.1, 0.15) is 12.2 Å². The predicted molar refractivity (Wildman–Crippen MR) is 112 cm³/mol. The van der Waals surface area contributed by atoms with Gasteiger partial charge in [0.2, 0.25) is 6.79 Å². The third kappa shape index (κ3) is 2.66. The van der Waals surface area contributed by atoms with E-state index in [0.717, 1.165) is 5.56 Å². The van der Waals surface area contributed by atoms with Gasteiger partial charge in [-0.2, -0.15) is 0 Å². The average molecular weight is 414 g/mol. The number of methoxy groups -OCH3 is 2. The summed E-state index contributed by atoms with van der Waals surface area (Å²) in [4.78, 5) is 13.8. The second-order valence-corrected chi connectivity index (χ2v) is 8.59. The molecule has 6 atom stereocenters. The van der Waals surface area contributed by atoms with Gasteiger partial charge in [0.05, 0.1) is 5.76 Å². The van der Waals surface area contributed by atoms with E-state index in [2.05, 4.69) is 20.1 Å². The number of ketones is 1. The Morgan fingerprint density at radius 1 is 1.30 bits per heavy atom. The molecule has 2 bridgehead atoms. The molecule has 0 amide bonds. The van der Waals surface area contributed by atoms with E-state index in [1.807, 2.05) is 24.3 Å². The fourth-order valence-corrected chi connectivity index (χ4v) is 6.02. The SMILES string of the molecule is C=CC[C@@]12C[C@H](OC)C(=O)[C@](OC)([C@H](c3ccc4c(c3)OCO4)[C@H]1C)[C@@H]2OC(=C)C. The topological polar surface area (TPSA) is 63.2 Å². The van der Waals surface area contributed by atoms with Gasteiger partial charge in [0, 0.05) is 25.6 Å². The summed E-state index contributed by atoms with van der Waals surface area (Å²) in [6.07, 6.45) is 2.03. The second-order valence-electron chi connectivity index (χ2n) is 8.59. The van der Waals surface area contributed by atoms with Crippen LogP contribution in [0.4, 0.5) is 0 Å². The zero-order valence-electron chi connectivity index (χ0n) is 18.1. The fraction of sp³-hybridized carbons (Fsp3) is 0.542. The van der Waals surface area contributed by atoms with Gasteiger partial charge >= 0.3 is 0 Å². The van der Waals surface area contributed by atoms with Crippen molar-refractivity contribution in [1.82, 2.24) is 0 Å². The van der Waals surface area contributed by atoms with E-state index >= 15 is 0 Å². The number of allylic oxidation sites excluding steroid dienone is 2. The van der Waals surface area contributed by atoms with Gasteiger partial charge in [-0.1, -0.05) is 25.6 Å². The summed E-state index contributed by atoms with van der Waals surface area (Å²) in [7, 11) is 3.16. The molecule has 3 aliphatic rings. The van der Waals surface area contributed by atoms with Crippen molar-refractivity contribution in [3.8, 4) is 11.5 Å². The van der Waals surface area contributed by atoms with Crippen molar-refractivity contribution in [2.75, 3.05) is 21.0 Å². The maximum atomic E-state index is 13.8. The molecule has 0 aromatic heterocycles. The molecule has 4 rings (SSSR count). The number of hydrogen-bond donors (Lipinski definition) is 0. The van der Waals surface area contributed by atoms with Gasteiger partial charge < -0.3 is 23.7 Å². The zero-order chi connectivity index (χ0) is 21.7. The minimum atomic E-state index is -1.21. The van der Waals surface area contributed by atoms with Crippen LogP contribution in [0.3, 0.4) is 0 Å². The Labute approximate surface area is 177 Å². The van der Waals surface area contributed by atoms with Crippen molar-refractivity contribution >= 4 is 5.78 Å². The number of Topliss-reactive ketones (excluding diaryl/α,β-unsaturated/α-hetero) is 1. The molecule has 1 aromatic rings. The molecule has 1 heterocycles. The summed E-state index contributed by atoms with van der Waals surface area (Å²) in [5.74, 6) is 1.63. The van der Waals surface area contributed by atoms with Crippen molar-refractivity contribution < 1.29 is 28.5 Å². The molecule has 0 N–H and O–H groups in total. The van der Waals surface area contributed by atoms with E-state index in [1.165, 1.54) is 0 Å². The van der Waals surface area contributed by atoms with Gasteiger partial charge in [-0.05, 0) is 43.4 Å². The first kappa shape index (κ1) is 20.9. The van der Waals surface area contributed by atoms with Gasteiger partial charge in [-0.25, -0.2) is 0 Å².